The summed E-state index contributed by atoms with van der Waals surface area (Å²) < 4.78 is 12.0. The first-order chi connectivity index (χ1) is 6.24. The second-order valence-electron chi connectivity index (χ2n) is 3.62. The van der Waals surface area contributed by atoms with Crippen LogP contribution in [0.3, 0.4) is 0 Å². The van der Waals surface area contributed by atoms with E-state index >= 15 is 0 Å². The third-order valence-corrected chi connectivity index (χ3v) is 3.63. The number of thioether (sulfide) groups is 1. The van der Waals surface area contributed by atoms with Gasteiger partial charge < -0.3 is 5.11 Å². The molecule has 0 spiro atoms. The summed E-state index contributed by atoms with van der Waals surface area (Å²) in [5.74, 6) is 2.37. The van der Waals surface area contributed by atoms with Crippen molar-refractivity contribution in [3.8, 4) is 0 Å². The average Bonchev–Trinajstić information content (AvgIpc) is 2.19. The molecule has 2 nitrogen and oxygen atoms in total. The fourth-order valence-corrected chi connectivity index (χ4v) is 2.83. The van der Waals surface area contributed by atoms with E-state index in [4.69, 9.17) is 5.11 Å². The largest absolute Gasteiger partial charge is 0.389 e. The van der Waals surface area contributed by atoms with Crippen LogP contribution in [-0.4, -0.2) is 53.9 Å². The third-order valence-electron chi connectivity index (χ3n) is 2.44. The number of hydrogen-bond acceptors (Lipinski definition) is 3. The fraction of sp³-hybridized carbons (Fsp3) is 1.00. The van der Waals surface area contributed by atoms with Gasteiger partial charge in [0.2, 0.25) is 0 Å². The Hall–Kier alpha value is 0.200. The Labute approximate surface area is 83.5 Å². The van der Waals surface area contributed by atoms with Crippen molar-refractivity contribution in [2.24, 2.45) is 0 Å². The van der Waals surface area contributed by atoms with E-state index in [1.807, 2.05) is 18.8 Å². The monoisotopic (exact) mass is 207 g/mol. The molecule has 1 aliphatic rings. The van der Waals surface area contributed by atoms with E-state index in [-0.39, 0.29) is 0 Å². The summed E-state index contributed by atoms with van der Waals surface area (Å²) in [6.45, 7) is -0.175. The van der Waals surface area contributed by atoms with E-state index in [0.29, 0.717) is 12.6 Å². The topological polar surface area (TPSA) is 23.5 Å². The van der Waals surface area contributed by atoms with E-state index in [1.54, 1.807) is 0 Å². The van der Waals surface area contributed by atoms with Gasteiger partial charge in [-0.05, 0) is 25.6 Å². The van der Waals surface area contributed by atoms with E-state index in [9.17, 15) is 4.39 Å². The standard InChI is InChI=1S/C9H18FNOS/c1-11(6-9(12)5-10)8-3-2-4-13-7-8/h8-9,12H,2-7H2,1H3. The minimum atomic E-state index is -0.808. The van der Waals surface area contributed by atoms with Gasteiger partial charge in [0, 0.05) is 18.3 Å². The minimum Gasteiger partial charge on any atom is -0.389 e. The average molecular weight is 207 g/mol. The zero-order chi connectivity index (χ0) is 9.68. The summed E-state index contributed by atoms with van der Waals surface area (Å²) >= 11 is 1.95. The molecule has 4 heteroatoms. The van der Waals surface area contributed by atoms with Gasteiger partial charge in [-0.25, -0.2) is 4.39 Å². The molecule has 1 saturated heterocycles. The molecule has 0 radical (unpaired) electrons. The van der Waals surface area contributed by atoms with Crippen LogP contribution in [0.1, 0.15) is 12.8 Å². The highest BCUT2D eigenvalue weighted by atomic mass is 32.2. The number of likely N-dealkylation sites (N-methyl/N-ethyl adjacent to an activating group) is 1. The molecule has 2 atom stereocenters. The number of hydrogen-bond donors (Lipinski definition) is 1. The predicted molar refractivity (Wildman–Crippen MR) is 55.0 cm³/mol. The van der Waals surface area contributed by atoms with Crippen LogP contribution in [0, 0.1) is 0 Å². The predicted octanol–water partition coefficient (Wildman–Crippen LogP) is 1.14. The lowest BCUT2D eigenvalue weighted by atomic mass is 10.1. The molecule has 1 N–H and O–H groups in total. The summed E-state index contributed by atoms with van der Waals surface area (Å²) in [6, 6.07) is 0.528. The normalized spacial score (nSPS) is 26.3. The SMILES string of the molecule is CN(CC(O)CF)C1CCCSC1. The van der Waals surface area contributed by atoms with Crippen LogP contribution in [0.2, 0.25) is 0 Å². The summed E-state index contributed by atoms with van der Waals surface area (Å²) in [7, 11) is 1.97. The van der Waals surface area contributed by atoms with Gasteiger partial charge in [0.1, 0.15) is 6.67 Å². The maximum absolute atomic E-state index is 12.0. The smallest absolute Gasteiger partial charge is 0.117 e. The second kappa shape index (κ2) is 5.83. The molecule has 0 aromatic carbocycles. The van der Waals surface area contributed by atoms with Gasteiger partial charge in [-0.15, -0.1) is 0 Å². The number of rotatable bonds is 4. The van der Waals surface area contributed by atoms with Crippen molar-refractivity contribution in [2.45, 2.75) is 25.0 Å². The molecule has 0 aromatic rings. The Morgan fingerprint density at radius 1 is 1.69 bits per heavy atom. The van der Waals surface area contributed by atoms with Crippen molar-refractivity contribution < 1.29 is 9.50 Å². The number of nitrogens with zero attached hydrogens (tertiary/aromatic N) is 1. The van der Waals surface area contributed by atoms with Crippen LogP contribution in [0.4, 0.5) is 4.39 Å². The molecular formula is C9H18FNOS. The first-order valence-corrected chi connectivity index (χ1v) is 5.91. The summed E-state index contributed by atoms with van der Waals surface area (Å²) in [6.07, 6.45) is 1.62. The van der Waals surface area contributed by atoms with E-state index in [2.05, 4.69) is 4.90 Å². The maximum Gasteiger partial charge on any atom is 0.117 e. The third kappa shape index (κ3) is 3.83. The Morgan fingerprint density at radius 3 is 3.00 bits per heavy atom. The van der Waals surface area contributed by atoms with Gasteiger partial charge in [-0.2, -0.15) is 11.8 Å². The van der Waals surface area contributed by atoms with Crippen molar-refractivity contribution in [2.75, 3.05) is 31.8 Å². The lowest BCUT2D eigenvalue weighted by Gasteiger charge is -2.31. The van der Waals surface area contributed by atoms with Crippen LogP contribution in [-0.2, 0) is 0 Å². The van der Waals surface area contributed by atoms with E-state index in [1.165, 1.54) is 18.6 Å². The van der Waals surface area contributed by atoms with Crippen molar-refractivity contribution >= 4 is 11.8 Å². The molecule has 1 rings (SSSR count). The summed E-state index contributed by atoms with van der Waals surface area (Å²) in [5.41, 5.74) is 0. The van der Waals surface area contributed by atoms with Crippen LogP contribution in [0.25, 0.3) is 0 Å². The van der Waals surface area contributed by atoms with Crippen molar-refractivity contribution in [3.05, 3.63) is 0 Å². The van der Waals surface area contributed by atoms with Crippen molar-refractivity contribution in [3.63, 3.8) is 0 Å². The van der Waals surface area contributed by atoms with Crippen molar-refractivity contribution in [1.82, 2.24) is 4.90 Å². The van der Waals surface area contributed by atoms with E-state index < -0.39 is 12.8 Å². The lowest BCUT2D eigenvalue weighted by Crippen LogP contribution is -2.41. The molecule has 0 bridgehead atoms. The molecule has 1 aliphatic heterocycles. The fourth-order valence-electron chi connectivity index (χ4n) is 1.60. The van der Waals surface area contributed by atoms with Crippen LogP contribution in [0.15, 0.2) is 0 Å². The number of aliphatic hydroxyl groups is 1. The molecule has 0 saturated carbocycles. The molecule has 0 aliphatic carbocycles. The van der Waals surface area contributed by atoms with Gasteiger partial charge in [0.25, 0.3) is 0 Å². The molecule has 0 aromatic heterocycles. The highest BCUT2D eigenvalue weighted by molar-refractivity contribution is 7.99. The molecule has 1 heterocycles. The number of alkyl halides is 1. The number of aliphatic hydroxyl groups excluding tert-OH is 1. The van der Waals surface area contributed by atoms with Gasteiger partial charge in [0.05, 0.1) is 6.10 Å². The molecule has 78 valence electrons. The molecular weight excluding hydrogens is 189 g/mol. The number of halogens is 1. The first kappa shape index (κ1) is 11.3. The zero-order valence-corrected chi connectivity index (χ0v) is 8.89. The minimum absolute atomic E-state index is 0.460. The second-order valence-corrected chi connectivity index (χ2v) is 4.77. The van der Waals surface area contributed by atoms with Crippen LogP contribution < -0.4 is 0 Å². The molecule has 0 amide bonds. The van der Waals surface area contributed by atoms with Crippen LogP contribution in [0.5, 0.6) is 0 Å². The lowest BCUT2D eigenvalue weighted by molar-refractivity contribution is 0.0847. The Bertz CT molecular complexity index is 142. The van der Waals surface area contributed by atoms with Gasteiger partial charge >= 0.3 is 0 Å². The van der Waals surface area contributed by atoms with Gasteiger partial charge in [-0.1, -0.05) is 0 Å². The molecule has 2 unspecified atom stereocenters. The first-order valence-electron chi connectivity index (χ1n) is 4.76. The Morgan fingerprint density at radius 2 is 2.46 bits per heavy atom. The Balaban J connectivity index is 2.24. The zero-order valence-electron chi connectivity index (χ0n) is 8.08. The van der Waals surface area contributed by atoms with Gasteiger partial charge in [-0.3, -0.25) is 4.90 Å². The quantitative estimate of drug-likeness (QED) is 0.748. The van der Waals surface area contributed by atoms with Crippen LogP contribution >= 0.6 is 11.8 Å². The maximum atomic E-state index is 12.0. The van der Waals surface area contributed by atoms with E-state index in [0.717, 1.165) is 5.75 Å². The molecule has 13 heavy (non-hydrogen) atoms. The van der Waals surface area contributed by atoms with Gasteiger partial charge in [0.15, 0.2) is 0 Å². The highest BCUT2D eigenvalue weighted by Gasteiger charge is 2.19. The highest BCUT2D eigenvalue weighted by Crippen LogP contribution is 2.20. The van der Waals surface area contributed by atoms with Crippen molar-refractivity contribution in [1.29, 1.82) is 0 Å². The summed E-state index contributed by atoms with van der Waals surface area (Å²) in [4.78, 5) is 2.08. The summed E-state index contributed by atoms with van der Waals surface area (Å²) in [5, 5.41) is 9.14. The molecule has 1 fully saturated rings. The Kier molecular flexibility index (Phi) is 5.06.